The van der Waals surface area contributed by atoms with Crippen molar-refractivity contribution in [1.29, 1.82) is 0 Å². The number of carboxylic acid groups (broad SMARTS) is 1. The van der Waals surface area contributed by atoms with Crippen molar-refractivity contribution in [3.63, 3.8) is 0 Å². The molecule has 0 aromatic rings. The fourth-order valence-electron chi connectivity index (χ4n) is 1.89. The zero-order valence-corrected chi connectivity index (χ0v) is 13.4. The summed E-state index contributed by atoms with van der Waals surface area (Å²) in [4.78, 5) is 21.9. The molecule has 22 heavy (non-hydrogen) atoms. The van der Waals surface area contributed by atoms with Crippen LogP contribution < -0.4 is 0 Å². The van der Waals surface area contributed by atoms with E-state index < -0.39 is 12.1 Å². The topological polar surface area (TPSA) is 74.6 Å². The second-order valence-electron chi connectivity index (χ2n) is 5.26. The second-order valence-corrected chi connectivity index (χ2v) is 5.26. The molecule has 0 rings (SSSR count). The first-order valence-corrected chi connectivity index (χ1v) is 8.00. The van der Waals surface area contributed by atoms with Crippen LogP contribution in [0.1, 0.15) is 58.3 Å². The lowest BCUT2D eigenvalue weighted by Gasteiger charge is -1.99. The molecule has 4 heteroatoms. The van der Waals surface area contributed by atoms with E-state index in [1.54, 1.807) is 36.5 Å². The van der Waals surface area contributed by atoms with Gasteiger partial charge in [0.25, 0.3) is 0 Å². The van der Waals surface area contributed by atoms with Gasteiger partial charge in [-0.2, -0.15) is 0 Å². The maximum Gasteiger partial charge on any atom is 0.303 e. The normalized spacial score (nSPS) is 13.4. The Bertz CT molecular complexity index is 394. The van der Waals surface area contributed by atoms with Crippen LogP contribution in [-0.4, -0.2) is 28.1 Å². The average molecular weight is 308 g/mol. The van der Waals surface area contributed by atoms with Gasteiger partial charge in [-0.05, 0) is 25.3 Å². The predicted molar refractivity (Wildman–Crippen MR) is 88.7 cm³/mol. The summed E-state index contributed by atoms with van der Waals surface area (Å²) in [5.74, 6) is -0.681. The van der Waals surface area contributed by atoms with E-state index in [4.69, 9.17) is 5.11 Å². The SMILES string of the molecule is CCCC(O)C=CC=CC=CC(=O)CCCCCCC(=O)O. The van der Waals surface area contributed by atoms with E-state index in [0.717, 1.165) is 32.1 Å². The molecule has 0 saturated heterocycles. The molecule has 2 N–H and O–H groups in total. The Balaban J connectivity index is 3.68. The molecule has 1 unspecified atom stereocenters. The molecule has 4 nitrogen and oxygen atoms in total. The van der Waals surface area contributed by atoms with Gasteiger partial charge in [0, 0.05) is 12.8 Å². The first kappa shape index (κ1) is 20.3. The first-order chi connectivity index (χ1) is 10.6. The van der Waals surface area contributed by atoms with E-state index in [0.29, 0.717) is 12.8 Å². The lowest BCUT2D eigenvalue weighted by Crippen LogP contribution is -1.99. The first-order valence-electron chi connectivity index (χ1n) is 8.00. The lowest BCUT2D eigenvalue weighted by molar-refractivity contribution is -0.137. The van der Waals surface area contributed by atoms with Crippen LogP contribution >= 0.6 is 0 Å². The molecule has 0 fully saturated rings. The van der Waals surface area contributed by atoms with Gasteiger partial charge in [0.1, 0.15) is 0 Å². The number of carbonyl (C=O) groups excluding carboxylic acids is 1. The summed E-state index contributed by atoms with van der Waals surface area (Å²) >= 11 is 0. The summed E-state index contributed by atoms with van der Waals surface area (Å²) in [7, 11) is 0. The van der Waals surface area contributed by atoms with E-state index in [1.165, 1.54) is 0 Å². The number of hydrogen-bond acceptors (Lipinski definition) is 3. The van der Waals surface area contributed by atoms with Crippen LogP contribution in [0, 0.1) is 0 Å². The van der Waals surface area contributed by atoms with Crippen LogP contribution in [0.4, 0.5) is 0 Å². The zero-order chi connectivity index (χ0) is 16.6. The van der Waals surface area contributed by atoms with Crippen LogP contribution in [0.2, 0.25) is 0 Å². The molecule has 0 saturated carbocycles. The van der Waals surface area contributed by atoms with Crippen LogP contribution in [0.3, 0.4) is 0 Å². The van der Waals surface area contributed by atoms with Gasteiger partial charge in [0.15, 0.2) is 5.78 Å². The van der Waals surface area contributed by atoms with Crippen molar-refractivity contribution in [2.24, 2.45) is 0 Å². The van der Waals surface area contributed by atoms with Gasteiger partial charge >= 0.3 is 5.97 Å². The van der Waals surface area contributed by atoms with Gasteiger partial charge in [-0.3, -0.25) is 9.59 Å². The third-order valence-corrected chi connectivity index (χ3v) is 3.10. The minimum atomic E-state index is -0.762. The molecule has 0 radical (unpaired) electrons. The van der Waals surface area contributed by atoms with Crippen LogP contribution in [0.15, 0.2) is 36.5 Å². The third-order valence-electron chi connectivity index (χ3n) is 3.10. The highest BCUT2D eigenvalue weighted by Gasteiger charge is 1.98. The number of allylic oxidation sites excluding steroid dienone is 5. The minimum Gasteiger partial charge on any atom is -0.481 e. The Labute approximate surface area is 133 Å². The molecule has 0 bridgehead atoms. The number of carboxylic acids is 1. The number of rotatable bonds is 13. The maximum atomic E-state index is 11.5. The van der Waals surface area contributed by atoms with Crippen LogP contribution in [0.25, 0.3) is 0 Å². The lowest BCUT2D eigenvalue weighted by atomic mass is 10.1. The molecule has 0 aromatic heterocycles. The van der Waals surface area contributed by atoms with Gasteiger partial charge in [0.2, 0.25) is 0 Å². The smallest absolute Gasteiger partial charge is 0.303 e. The summed E-state index contributed by atoms with van der Waals surface area (Å²) in [5.41, 5.74) is 0. The van der Waals surface area contributed by atoms with E-state index in [9.17, 15) is 14.7 Å². The summed E-state index contributed by atoms with van der Waals surface area (Å²) < 4.78 is 0. The molecule has 1 atom stereocenters. The Morgan fingerprint density at radius 2 is 1.59 bits per heavy atom. The van der Waals surface area contributed by atoms with Crippen molar-refractivity contribution in [2.45, 2.75) is 64.4 Å². The molecule has 0 aromatic carbocycles. The van der Waals surface area contributed by atoms with E-state index in [-0.39, 0.29) is 12.2 Å². The fraction of sp³-hybridized carbons (Fsp3) is 0.556. The average Bonchev–Trinajstić information content (AvgIpc) is 2.46. The molecule has 0 spiro atoms. The summed E-state index contributed by atoms with van der Waals surface area (Å²) in [6.45, 7) is 2.02. The number of carbonyl (C=O) groups is 2. The number of aliphatic hydroxyl groups excluding tert-OH is 1. The number of hydrogen-bond donors (Lipinski definition) is 2. The van der Waals surface area contributed by atoms with Crippen molar-refractivity contribution >= 4 is 11.8 Å². The van der Waals surface area contributed by atoms with E-state index in [1.807, 2.05) is 6.92 Å². The highest BCUT2D eigenvalue weighted by Crippen LogP contribution is 2.06. The molecule has 0 amide bonds. The molecule has 0 heterocycles. The van der Waals surface area contributed by atoms with Crippen molar-refractivity contribution in [3.8, 4) is 0 Å². The molecule has 0 aliphatic rings. The standard InChI is InChI=1S/C18H28O4/c1-2-11-16(19)12-7-3-4-8-13-17(20)14-9-5-6-10-15-18(21)22/h3-4,7-8,12-13,16,19H,2,5-6,9-11,14-15H2,1H3,(H,21,22). The number of ketones is 1. The zero-order valence-electron chi connectivity index (χ0n) is 13.4. The summed E-state index contributed by atoms with van der Waals surface area (Å²) in [6.07, 6.45) is 15.5. The van der Waals surface area contributed by atoms with Gasteiger partial charge in [-0.1, -0.05) is 56.6 Å². The largest absolute Gasteiger partial charge is 0.481 e. The number of aliphatic hydroxyl groups is 1. The number of aliphatic carboxylic acids is 1. The van der Waals surface area contributed by atoms with Crippen LogP contribution in [-0.2, 0) is 9.59 Å². The molecule has 0 aliphatic heterocycles. The maximum absolute atomic E-state index is 11.5. The van der Waals surface area contributed by atoms with Gasteiger partial charge in [-0.15, -0.1) is 0 Å². The monoisotopic (exact) mass is 308 g/mol. The Hall–Kier alpha value is -1.68. The highest BCUT2D eigenvalue weighted by atomic mass is 16.4. The highest BCUT2D eigenvalue weighted by molar-refractivity contribution is 5.89. The molecular weight excluding hydrogens is 280 g/mol. The summed E-state index contributed by atoms with van der Waals surface area (Å²) in [6, 6.07) is 0. The van der Waals surface area contributed by atoms with Gasteiger partial charge in [-0.25, -0.2) is 0 Å². The number of unbranched alkanes of at least 4 members (excludes halogenated alkanes) is 3. The minimum absolute atomic E-state index is 0.0814. The van der Waals surface area contributed by atoms with E-state index in [2.05, 4.69) is 0 Å². The Morgan fingerprint density at radius 1 is 0.955 bits per heavy atom. The molecular formula is C18H28O4. The molecule has 124 valence electrons. The fourth-order valence-corrected chi connectivity index (χ4v) is 1.89. The van der Waals surface area contributed by atoms with E-state index >= 15 is 0 Å². The van der Waals surface area contributed by atoms with Gasteiger partial charge in [0.05, 0.1) is 6.10 Å². The van der Waals surface area contributed by atoms with Crippen molar-refractivity contribution < 1.29 is 19.8 Å². The summed E-state index contributed by atoms with van der Waals surface area (Å²) in [5, 5.41) is 17.9. The predicted octanol–water partition coefficient (Wildman–Crippen LogP) is 3.81. The quantitative estimate of drug-likeness (QED) is 0.308. The Kier molecular flexibility index (Phi) is 13.2. The van der Waals surface area contributed by atoms with Crippen LogP contribution in [0.5, 0.6) is 0 Å². The van der Waals surface area contributed by atoms with Crippen molar-refractivity contribution in [2.75, 3.05) is 0 Å². The second kappa shape index (κ2) is 14.3. The Morgan fingerprint density at radius 3 is 2.23 bits per heavy atom. The third kappa shape index (κ3) is 14.7. The van der Waals surface area contributed by atoms with Crippen molar-refractivity contribution in [3.05, 3.63) is 36.5 Å². The van der Waals surface area contributed by atoms with Gasteiger partial charge < -0.3 is 10.2 Å². The molecule has 0 aliphatic carbocycles. The van der Waals surface area contributed by atoms with Crippen molar-refractivity contribution in [1.82, 2.24) is 0 Å².